The summed E-state index contributed by atoms with van der Waals surface area (Å²) in [6.07, 6.45) is -2.42. The Balaban J connectivity index is 1.60. The Kier molecular flexibility index (Phi) is 5.11. The topological polar surface area (TPSA) is 67.2 Å². The molecule has 6 heteroatoms. The monoisotopic (exact) mass is 338 g/mol. The molecule has 3 N–H and O–H groups in total. The van der Waals surface area contributed by atoms with Gasteiger partial charge in [0.15, 0.2) is 0 Å². The van der Waals surface area contributed by atoms with Crippen LogP contribution in [0.1, 0.15) is 19.8 Å². The maximum atomic E-state index is 15.3. The Labute approximate surface area is 142 Å². The van der Waals surface area contributed by atoms with E-state index in [0.29, 0.717) is 25.9 Å². The third-order valence-corrected chi connectivity index (χ3v) is 5.50. The summed E-state index contributed by atoms with van der Waals surface area (Å²) in [4.78, 5) is 3.95. The summed E-state index contributed by atoms with van der Waals surface area (Å²) >= 11 is 0. The van der Waals surface area contributed by atoms with Gasteiger partial charge in [-0.15, -0.1) is 0 Å². The number of hydrogen-bond donors (Lipinski definition) is 3. The standard InChI is InChI=1S/C18H27FN2O3/c1-13-16(23)17(24)15(22)11-21(13)12-18(19)7-9-20(10-8-18)14-5-3-2-4-6-14/h2-6,13,15-17,22-24H,7-12H2,1H3/t13-,15+,16-,17-/m1/s1. The molecule has 0 saturated carbocycles. The van der Waals surface area contributed by atoms with Crippen molar-refractivity contribution < 1.29 is 19.7 Å². The van der Waals surface area contributed by atoms with Crippen LogP contribution in [0.2, 0.25) is 0 Å². The van der Waals surface area contributed by atoms with E-state index in [1.54, 1.807) is 11.8 Å². The van der Waals surface area contributed by atoms with Gasteiger partial charge >= 0.3 is 0 Å². The third-order valence-electron chi connectivity index (χ3n) is 5.50. The second kappa shape index (κ2) is 6.96. The van der Waals surface area contributed by atoms with Gasteiger partial charge < -0.3 is 20.2 Å². The number of benzene rings is 1. The number of alkyl halides is 1. The number of piperidine rings is 2. The van der Waals surface area contributed by atoms with Crippen molar-refractivity contribution in [1.82, 2.24) is 4.90 Å². The van der Waals surface area contributed by atoms with Crippen LogP contribution in [0.15, 0.2) is 30.3 Å². The molecule has 0 amide bonds. The molecule has 2 saturated heterocycles. The highest BCUT2D eigenvalue weighted by molar-refractivity contribution is 5.46. The summed E-state index contributed by atoms with van der Waals surface area (Å²) in [6, 6.07) is 9.63. The number of aliphatic hydroxyl groups excluding tert-OH is 3. The van der Waals surface area contributed by atoms with Gasteiger partial charge in [-0.25, -0.2) is 4.39 Å². The molecular formula is C18H27FN2O3. The molecule has 2 heterocycles. The minimum atomic E-state index is -1.33. The van der Waals surface area contributed by atoms with Gasteiger partial charge in [0.1, 0.15) is 11.8 Å². The molecule has 4 atom stereocenters. The molecule has 0 radical (unpaired) electrons. The van der Waals surface area contributed by atoms with Gasteiger partial charge in [-0.2, -0.15) is 0 Å². The van der Waals surface area contributed by atoms with Crippen LogP contribution in [0.5, 0.6) is 0 Å². The maximum absolute atomic E-state index is 15.3. The molecule has 0 spiro atoms. The van der Waals surface area contributed by atoms with Crippen LogP contribution in [0, 0.1) is 0 Å². The van der Waals surface area contributed by atoms with Crippen molar-refractivity contribution >= 4 is 5.69 Å². The Hall–Kier alpha value is -1.21. The van der Waals surface area contributed by atoms with Gasteiger partial charge in [-0.3, -0.25) is 4.90 Å². The predicted octanol–water partition coefficient (Wildman–Crippen LogP) is 0.782. The van der Waals surface area contributed by atoms with Crippen molar-refractivity contribution in [2.45, 2.75) is 49.8 Å². The van der Waals surface area contributed by atoms with E-state index in [1.807, 2.05) is 30.3 Å². The van der Waals surface area contributed by atoms with Crippen molar-refractivity contribution in [3.63, 3.8) is 0 Å². The molecular weight excluding hydrogens is 311 g/mol. The van der Waals surface area contributed by atoms with Gasteiger partial charge in [0.2, 0.25) is 0 Å². The normalized spacial score (nSPS) is 34.3. The molecule has 3 rings (SSSR count). The maximum Gasteiger partial charge on any atom is 0.127 e. The molecule has 1 aromatic carbocycles. The summed E-state index contributed by atoms with van der Waals surface area (Å²) in [5, 5.41) is 29.6. The predicted molar refractivity (Wildman–Crippen MR) is 90.8 cm³/mol. The number of para-hydroxylation sites is 1. The first-order valence-electron chi connectivity index (χ1n) is 8.67. The Morgan fingerprint density at radius 3 is 2.33 bits per heavy atom. The molecule has 1 aromatic rings. The van der Waals surface area contributed by atoms with Crippen LogP contribution in [0.25, 0.3) is 0 Å². The smallest absolute Gasteiger partial charge is 0.127 e. The number of hydrogen-bond acceptors (Lipinski definition) is 5. The summed E-state index contributed by atoms with van der Waals surface area (Å²) < 4.78 is 15.3. The van der Waals surface area contributed by atoms with Crippen LogP contribution in [-0.4, -0.2) is 76.4 Å². The van der Waals surface area contributed by atoms with Gasteiger partial charge in [0, 0.05) is 50.7 Å². The van der Waals surface area contributed by atoms with Crippen LogP contribution in [0.3, 0.4) is 0 Å². The van der Waals surface area contributed by atoms with Crippen molar-refractivity contribution in [1.29, 1.82) is 0 Å². The number of nitrogens with zero attached hydrogens (tertiary/aromatic N) is 2. The fourth-order valence-corrected chi connectivity index (χ4v) is 3.78. The highest BCUT2D eigenvalue weighted by atomic mass is 19.1. The minimum absolute atomic E-state index is 0.178. The number of anilines is 1. The molecule has 0 unspecified atom stereocenters. The molecule has 0 aromatic heterocycles. The highest BCUT2D eigenvalue weighted by Gasteiger charge is 2.43. The summed E-state index contributed by atoms with van der Waals surface area (Å²) in [7, 11) is 0. The Morgan fingerprint density at radius 2 is 1.71 bits per heavy atom. The van der Waals surface area contributed by atoms with E-state index in [4.69, 9.17) is 0 Å². The summed E-state index contributed by atoms with van der Waals surface area (Å²) in [5.41, 5.74) is -0.221. The van der Waals surface area contributed by atoms with Crippen LogP contribution in [0.4, 0.5) is 10.1 Å². The lowest BCUT2D eigenvalue weighted by molar-refractivity contribution is -0.141. The molecule has 24 heavy (non-hydrogen) atoms. The fourth-order valence-electron chi connectivity index (χ4n) is 3.78. The van der Waals surface area contributed by atoms with Crippen LogP contribution >= 0.6 is 0 Å². The second-order valence-corrected chi connectivity index (χ2v) is 7.19. The van der Waals surface area contributed by atoms with Crippen molar-refractivity contribution in [3.8, 4) is 0 Å². The van der Waals surface area contributed by atoms with Gasteiger partial charge in [-0.1, -0.05) is 18.2 Å². The third kappa shape index (κ3) is 3.57. The quantitative estimate of drug-likeness (QED) is 0.760. The number of β-amino-alcohol motifs (C(OH)–C–C–N with tert-alkyl or cyclic N) is 1. The minimum Gasteiger partial charge on any atom is -0.389 e. The van der Waals surface area contributed by atoms with E-state index >= 15 is 4.39 Å². The fraction of sp³-hybridized carbons (Fsp3) is 0.667. The Morgan fingerprint density at radius 1 is 1.08 bits per heavy atom. The van der Waals surface area contributed by atoms with Crippen molar-refractivity contribution in [2.24, 2.45) is 0 Å². The molecule has 2 aliphatic heterocycles. The SMILES string of the molecule is C[C@@H]1[C@@H](O)[C@H](O)[C@@H](O)CN1CC1(F)CCN(c2ccccc2)CC1. The summed E-state index contributed by atoms with van der Waals surface area (Å²) in [5.74, 6) is 0. The first kappa shape index (κ1) is 17.6. The number of rotatable bonds is 3. The van der Waals surface area contributed by atoms with E-state index < -0.39 is 24.0 Å². The van der Waals surface area contributed by atoms with Gasteiger partial charge in [0.25, 0.3) is 0 Å². The molecule has 0 bridgehead atoms. The van der Waals surface area contributed by atoms with Gasteiger partial charge in [0.05, 0.1) is 12.2 Å². The molecule has 134 valence electrons. The molecule has 2 fully saturated rings. The zero-order valence-corrected chi connectivity index (χ0v) is 14.1. The summed E-state index contributed by atoms with van der Waals surface area (Å²) in [6.45, 7) is 3.43. The van der Waals surface area contributed by atoms with E-state index in [9.17, 15) is 15.3 Å². The zero-order valence-electron chi connectivity index (χ0n) is 14.1. The first-order valence-corrected chi connectivity index (χ1v) is 8.67. The number of halogens is 1. The first-order chi connectivity index (χ1) is 11.4. The van der Waals surface area contributed by atoms with Crippen LogP contribution in [-0.2, 0) is 0 Å². The van der Waals surface area contributed by atoms with Crippen LogP contribution < -0.4 is 4.90 Å². The lowest BCUT2D eigenvalue weighted by Gasteiger charge is -2.46. The number of aliphatic hydroxyl groups is 3. The van der Waals surface area contributed by atoms with E-state index in [0.717, 1.165) is 5.69 Å². The average molecular weight is 338 g/mol. The zero-order chi connectivity index (χ0) is 17.3. The molecule has 0 aliphatic carbocycles. The highest BCUT2D eigenvalue weighted by Crippen LogP contribution is 2.32. The Bertz CT molecular complexity index is 536. The lowest BCUT2D eigenvalue weighted by Crippen LogP contribution is -2.63. The average Bonchev–Trinajstić information content (AvgIpc) is 2.59. The van der Waals surface area contributed by atoms with E-state index in [2.05, 4.69) is 4.90 Å². The van der Waals surface area contributed by atoms with Gasteiger partial charge in [-0.05, 0) is 19.1 Å². The molecule has 5 nitrogen and oxygen atoms in total. The second-order valence-electron chi connectivity index (χ2n) is 7.19. The largest absolute Gasteiger partial charge is 0.389 e. The molecule has 2 aliphatic rings. The number of likely N-dealkylation sites (tertiary alicyclic amines) is 1. The van der Waals surface area contributed by atoms with E-state index in [-0.39, 0.29) is 19.1 Å². The van der Waals surface area contributed by atoms with E-state index in [1.165, 1.54) is 0 Å². The van der Waals surface area contributed by atoms with Crippen molar-refractivity contribution in [3.05, 3.63) is 30.3 Å². The lowest BCUT2D eigenvalue weighted by atomic mass is 9.88. The van der Waals surface area contributed by atoms with Crippen molar-refractivity contribution in [2.75, 3.05) is 31.1 Å².